The number of carbonyl (C=O) groups excluding carboxylic acids is 2. The third-order valence-corrected chi connectivity index (χ3v) is 6.52. The van der Waals surface area contributed by atoms with Gasteiger partial charge in [-0.15, -0.1) is 0 Å². The molecular weight excluding hydrogens is 508 g/mol. The van der Waals surface area contributed by atoms with Crippen LogP contribution in [0, 0.1) is 0 Å². The van der Waals surface area contributed by atoms with Gasteiger partial charge in [0.1, 0.15) is 17.1 Å². The number of amides is 1. The molecule has 10 nitrogen and oxygen atoms in total. The van der Waals surface area contributed by atoms with Crippen molar-refractivity contribution in [2.75, 3.05) is 19.0 Å². The Morgan fingerprint density at radius 3 is 2.26 bits per heavy atom. The van der Waals surface area contributed by atoms with Crippen LogP contribution < -0.4 is 10.1 Å². The second-order valence-corrected chi connectivity index (χ2v) is 9.09. The van der Waals surface area contributed by atoms with E-state index >= 15 is 0 Å². The molecule has 2 aromatic carbocycles. The monoisotopic (exact) mass is 526 g/mol. The summed E-state index contributed by atoms with van der Waals surface area (Å²) in [6.07, 6.45) is 3.09. The zero-order valence-corrected chi connectivity index (χ0v) is 20.7. The Balaban J connectivity index is 1.19. The molecule has 1 N–H and O–H groups in total. The molecule has 6 aromatic rings. The van der Waals surface area contributed by atoms with Gasteiger partial charge >= 0.3 is 5.97 Å². The average Bonchev–Trinajstić information content (AvgIpc) is 3.72. The fourth-order valence-corrected chi connectivity index (χ4v) is 4.72. The van der Waals surface area contributed by atoms with E-state index in [0.29, 0.717) is 44.8 Å². The maximum absolute atomic E-state index is 12.7. The second kappa shape index (κ2) is 9.79. The summed E-state index contributed by atoms with van der Waals surface area (Å²) in [4.78, 5) is 38.8. The molecule has 0 spiro atoms. The summed E-state index contributed by atoms with van der Waals surface area (Å²) in [5.41, 5.74) is 2.94. The lowest BCUT2D eigenvalue weighted by Gasteiger charge is -2.08. The topological polar surface area (TPSA) is 130 Å². The van der Waals surface area contributed by atoms with Gasteiger partial charge in [0, 0.05) is 0 Å². The molecule has 0 unspecified atom stereocenters. The number of thiazole rings is 1. The summed E-state index contributed by atoms with van der Waals surface area (Å²) in [6.45, 7) is -0.475. The largest absolute Gasteiger partial charge is 0.497 e. The highest BCUT2D eigenvalue weighted by molar-refractivity contribution is 7.22. The van der Waals surface area contributed by atoms with E-state index < -0.39 is 18.5 Å². The van der Waals surface area contributed by atoms with Crippen LogP contribution in [0.4, 0.5) is 5.13 Å². The fourth-order valence-electron chi connectivity index (χ4n) is 3.81. The normalized spacial score (nSPS) is 11.1. The predicted octanol–water partition coefficient (Wildman–Crippen LogP) is 5.56. The molecular formula is C27H18N4O6S. The van der Waals surface area contributed by atoms with E-state index in [4.69, 9.17) is 18.3 Å². The first kappa shape index (κ1) is 23.4. The van der Waals surface area contributed by atoms with Gasteiger partial charge < -0.3 is 18.3 Å². The highest BCUT2D eigenvalue weighted by Gasteiger charge is 2.19. The number of benzene rings is 2. The maximum atomic E-state index is 12.7. The molecule has 4 heterocycles. The summed E-state index contributed by atoms with van der Waals surface area (Å²) >= 11 is 1.29. The van der Waals surface area contributed by atoms with Gasteiger partial charge in [-0.05, 0) is 60.7 Å². The number of rotatable bonds is 7. The number of methoxy groups -OCH3 is 1. The molecule has 11 heteroatoms. The molecule has 0 saturated carbocycles. The van der Waals surface area contributed by atoms with Crippen LogP contribution >= 0.6 is 11.3 Å². The minimum Gasteiger partial charge on any atom is -0.497 e. The molecule has 0 aliphatic heterocycles. The number of nitrogens with zero attached hydrogens (tertiary/aromatic N) is 3. The number of fused-ring (bicyclic) bond motifs is 2. The van der Waals surface area contributed by atoms with E-state index in [2.05, 4.69) is 20.3 Å². The van der Waals surface area contributed by atoms with Crippen molar-refractivity contribution in [2.24, 2.45) is 0 Å². The van der Waals surface area contributed by atoms with E-state index in [1.54, 1.807) is 68.0 Å². The number of hydrogen-bond acceptors (Lipinski definition) is 10. The first-order valence-corrected chi connectivity index (χ1v) is 12.2. The van der Waals surface area contributed by atoms with E-state index in [-0.39, 0.29) is 5.56 Å². The highest BCUT2D eigenvalue weighted by atomic mass is 32.1. The summed E-state index contributed by atoms with van der Waals surface area (Å²) in [6, 6.07) is 17.3. The molecule has 0 aliphatic carbocycles. The Labute approximate surface area is 218 Å². The standard InChI is InChI=1S/C27H18N4O6S/c1-34-16-7-9-18-22(13-16)38-27(30-18)31-23(32)14-37-26(33)15-6-8-17-19(12-15)29-25(21-5-3-11-36-21)24(28-17)20-4-2-10-35-20/h2-13H,14H2,1H3,(H,30,31,32). The van der Waals surface area contributed by atoms with E-state index in [1.165, 1.54) is 17.6 Å². The van der Waals surface area contributed by atoms with Crippen LogP contribution in [-0.2, 0) is 9.53 Å². The van der Waals surface area contributed by atoms with Gasteiger partial charge in [-0.1, -0.05) is 11.3 Å². The van der Waals surface area contributed by atoms with Crippen molar-refractivity contribution in [3.8, 4) is 28.7 Å². The molecule has 0 fully saturated rings. The number of esters is 1. The summed E-state index contributed by atoms with van der Waals surface area (Å²) in [5, 5.41) is 3.05. The van der Waals surface area contributed by atoms with E-state index in [0.717, 1.165) is 10.2 Å². The fraction of sp³-hybridized carbons (Fsp3) is 0.0741. The number of ether oxygens (including phenoxy) is 2. The van der Waals surface area contributed by atoms with Crippen LogP contribution in [0.25, 0.3) is 44.2 Å². The first-order valence-electron chi connectivity index (χ1n) is 11.4. The van der Waals surface area contributed by atoms with Gasteiger partial charge in [-0.2, -0.15) is 0 Å². The number of anilines is 1. The third kappa shape index (κ3) is 4.58. The van der Waals surface area contributed by atoms with Crippen molar-refractivity contribution >= 4 is 49.6 Å². The van der Waals surface area contributed by atoms with Crippen LogP contribution in [0.3, 0.4) is 0 Å². The zero-order valence-electron chi connectivity index (χ0n) is 19.8. The molecule has 0 bridgehead atoms. The van der Waals surface area contributed by atoms with Gasteiger partial charge in [0.25, 0.3) is 5.91 Å². The number of aromatic nitrogens is 3. The Kier molecular flexibility index (Phi) is 6.02. The molecule has 1 amide bonds. The van der Waals surface area contributed by atoms with E-state index in [9.17, 15) is 9.59 Å². The Morgan fingerprint density at radius 1 is 0.868 bits per heavy atom. The maximum Gasteiger partial charge on any atom is 0.338 e. The van der Waals surface area contributed by atoms with Gasteiger partial charge in [0.05, 0.1) is 46.4 Å². The third-order valence-electron chi connectivity index (χ3n) is 5.59. The van der Waals surface area contributed by atoms with Crippen molar-refractivity contribution in [1.29, 1.82) is 0 Å². The number of furan rings is 2. The van der Waals surface area contributed by atoms with Crippen molar-refractivity contribution in [3.63, 3.8) is 0 Å². The van der Waals surface area contributed by atoms with Gasteiger partial charge in [-0.3, -0.25) is 10.1 Å². The number of carbonyl (C=O) groups is 2. The van der Waals surface area contributed by atoms with Crippen LogP contribution in [0.1, 0.15) is 10.4 Å². The van der Waals surface area contributed by atoms with Crippen molar-refractivity contribution in [3.05, 3.63) is 78.8 Å². The minimum absolute atomic E-state index is 0.225. The lowest BCUT2D eigenvalue weighted by Crippen LogP contribution is -2.20. The molecule has 6 rings (SSSR count). The summed E-state index contributed by atoms with van der Waals surface area (Å²) in [5.74, 6) is 0.554. The van der Waals surface area contributed by atoms with Crippen molar-refractivity contribution < 1.29 is 27.9 Å². The van der Waals surface area contributed by atoms with Gasteiger partial charge in [0.2, 0.25) is 0 Å². The SMILES string of the molecule is COc1ccc2nc(NC(=O)COC(=O)c3ccc4nc(-c5ccco5)c(-c5ccco5)nc4c3)sc2c1. The first-order chi connectivity index (χ1) is 18.6. The molecule has 188 valence electrons. The van der Waals surface area contributed by atoms with Crippen LogP contribution in [0.15, 0.2) is 82.0 Å². The smallest absolute Gasteiger partial charge is 0.338 e. The van der Waals surface area contributed by atoms with Crippen molar-refractivity contribution in [1.82, 2.24) is 15.0 Å². The highest BCUT2D eigenvalue weighted by Crippen LogP contribution is 2.32. The Hall–Kier alpha value is -5.03. The average molecular weight is 527 g/mol. The molecule has 0 atom stereocenters. The Morgan fingerprint density at radius 2 is 1.58 bits per heavy atom. The van der Waals surface area contributed by atoms with Gasteiger partial charge in [0.15, 0.2) is 23.3 Å². The predicted molar refractivity (Wildman–Crippen MR) is 140 cm³/mol. The molecule has 0 radical (unpaired) electrons. The lowest BCUT2D eigenvalue weighted by molar-refractivity contribution is -0.119. The molecule has 4 aromatic heterocycles. The van der Waals surface area contributed by atoms with Crippen molar-refractivity contribution in [2.45, 2.75) is 0 Å². The minimum atomic E-state index is -0.674. The molecule has 38 heavy (non-hydrogen) atoms. The Bertz CT molecular complexity index is 1780. The zero-order chi connectivity index (χ0) is 26.1. The quantitative estimate of drug-likeness (QED) is 0.266. The van der Waals surface area contributed by atoms with Crippen LogP contribution in [-0.4, -0.2) is 40.5 Å². The number of nitrogens with one attached hydrogen (secondary N) is 1. The van der Waals surface area contributed by atoms with Crippen LogP contribution in [0.5, 0.6) is 5.75 Å². The van der Waals surface area contributed by atoms with Crippen LogP contribution in [0.2, 0.25) is 0 Å². The number of hydrogen-bond donors (Lipinski definition) is 1. The lowest BCUT2D eigenvalue weighted by atomic mass is 10.1. The van der Waals surface area contributed by atoms with Gasteiger partial charge in [-0.25, -0.2) is 19.7 Å². The van der Waals surface area contributed by atoms with E-state index in [1.807, 2.05) is 6.07 Å². The summed E-state index contributed by atoms with van der Waals surface area (Å²) < 4.78 is 22.4. The molecule has 0 saturated heterocycles. The summed E-state index contributed by atoms with van der Waals surface area (Å²) in [7, 11) is 1.58. The second-order valence-electron chi connectivity index (χ2n) is 8.06. The molecule has 0 aliphatic rings.